The SMILES string of the molecule is CCOC(=O)c1ccc(Cl)c(/C(C=NC)=C(\Cl)CC)c1. The Balaban J connectivity index is 3.35. The number of allylic oxidation sites excluding steroid dienone is 2. The van der Waals surface area contributed by atoms with Gasteiger partial charge in [0, 0.05) is 34.5 Å². The minimum atomic E-state index is -0.383. The molecule has 0 radical (unpaired) electrons. The van der Waals surface area contributed by atoms with Crippen molar-refractivity contribution in [1.82, 2.24) is 0 Å². The van der Waals surface area contributed by atoms with Gasteiger partial charge in [-0.2, -0.15) is 0 Å². The fraction of sp³-hybridized carbons (Fsp3) is 0.333. The van der Waals surface area contributed by atoms with E-state index in [1.54, 1.807) is 38.4 Å². The number of hydrogen-bond donors (Lipinski definition) is 0. The molecule has 1 aromatic rings. The van der Waals surface area contributed by atoms with Crippen LogP contribution in [0.5, 0.6) is 0 Å². The maximum Gasteiger partial charge on any atom is 0.338 e. The number of halogens is 2. The van der Waals surface area contributed by atoms with Gasteiger partial charge in [0.05, 0.1) is 12.2 Å². The Hall–Kier alpha value is -1.32. The van der Waals surface area contributed by atoms with Crippen molar-refractivity contribution >= 4 is 41.0 Å². The van der Waals surface area contributed by atoms with Gasteiger partial charge in [0.1, 0.15) is 0 Å². The van der Waals surface area contributed by atoms with Crippen molar-refractivity contribution in [3.63, 3.8) is 0 Å². The summed E-state index contributed by atoms with van der Waals surface area (Å²) in [6, 6.07) is 4.96. The van der Waals surface area contributed by atoms with Gasteiger partial charge >= 0.3 is 5.97 Å². The largest absolute Gasteiger partial charge is 0.462 e. The number of aliphatic imine (C=N–C) groups is 1. The Morgan fingerprint density at radius 3 is 2.65 bits per heavy atom. The fourth-order valence-electron chi connectivity index (χ4n) is 1.68. The summed E-state index contributed by atoms with van der Waals surface area (Å²) in [6.45, 7) is 4.03. The molecule has 0 aliphatic rings. The van der Waals surface area contributed by atoms with E-state index in [1.807, 2.05) is 6.92 Å². The second-order valence-corrected chi connectivity index (χ2v) is 4.84. The monoisotopic (exact) mass is 313 g/mol. The fourth-order valence-corrected chi connectivity index (χ4v) is 2.05. The van der Waals surface area contributed by atoms with Crippen LogP contribution in [0, 0.1) is 0 Å². The molecule has 0 saturated heterocycles. The number of nitrogens with zero attached hydrogens (tertiary/aromatic N) is 1. The van der Waals surface area contributed by atoms with Gasteiger partial charge in [-0.05, 0) is 31.5 Å². The molecule has 1 rings (SSSR count). The molecule has 0 aliphatic carbocycles. The van der Waals surface area contributed by atoms with Gasteiger partial charge in [0.2, 0.25) is 0 Å². The number of carbonyl (C=O) groups excluding carboxylic acids is 1. The average molecular weight is 314 g/mol. The Kier molecular flexibility index (Phi) is 6.76. The van der Waals surface area contributed by atoms with Gasteiger partial charge < -0.3 is 4.74 Å². The summed E-state index contributed by atoms with van der Waals surface area (Å²) in [5.74, 6) is -0.383. The molecule has 0 unspecified atom stereocenters. The van der Waals surface area contributed by atoms with E-state index in [-0.39, 0.29) is 5.97 Å². The van der Waals surface area contributed by atoms with Crippen LogP contribution in [0.3, 0.4) is 0 Å². The van der Waals surface area contributed by atoms with Gasteiger partial charge in [0.15, 0.2) is 0 Å². The predicted molar refractivity (Wildman–Crippen MR) is 84.9 cm³/mol. The van der Waals surface area contributed by atoms with E-state index in [0.717, 1.165) is 0 Å². The van der Waals surface area contributed by atoms with Crippen molar-refractivity contribution in [1.29, 1.82) is 0 Å². The molecule has 1 aromatic carbocycles. The van der Waals surface area contributed by atoms with E-state index in [0.29, 0.717) is 39.8 Å². The molecule has 3 nitrogen and oxygen atoms in total. The van der Waals surface area contributed by atoms with E-state index in [1.165, 1.54) is 0 Å². The van der Waals surface area contributed by atoms with Crippen LogP contribution in [0.2, 0.25) is 5.02 Å². The molecule has 0 amide bonds. The van der Waals surface area contributed by atoms with E-state index in [9.17, 15) is 4.79 Å². The van der Waals surface area contributed by atoms with Crippen molar-refractivity contribution < 1.29 is 9.53 Å². The molecule has 0 spiro atoms. The van der Waals surface area contributed by atoms with E-state index in [4.69, 9.17) is 27.9 Å². The standard InChI is InChI=1S/C15H17Cl2NO2/c1-4-13(16)12(9-18-3)11-8-10(6-7-14(11)17)15(19)20-5-2/h6-9H,4-5H2,1-3H3/b13-12-,18-9?. The lowest BCUT2D eigenvalue weighted by Crippen LogP contribution is -2.05. The third-order valence-corrected chi connectivity index (χ3v) is 3.43. The first-order valence-electron chi connectivity index (χ1n) is 6.32. The second-order valence-electron chi connectivity index (χ2n) is 3.97. The van der Waals surface area contributed by atoms with Crippen molar-refractivity contribution in [3.05, 3.63) is 39.4 Å². The van der Waals surface area contributed by atoms with Gasteiger partial charge in [0.25, 0.3) is 0 Å². The number of benzene rings is 1. The molecule has 5 heteroatoms. The van der Waals surface area contributed by atoms with Crippen LogP contribution in [0.4, 0.5) is 0 Å². The molecule has 0 fully saturated rings. The minimum Gasteiger partial charge on any atom is -0.462 e. The summed E-state index contributed by atoms with van der Waals surface area (Å²) in [5.41, 5.74) is 1.83. The van der Waals surface area contributed by atoms with Crippen LogP contribution >= 0.6 is 23.2 Å². The normalized spacial score (nSPS) is 12.4. The number of carbonyl (C=O) groups is 1. The molecule has 0 heterocycles. The summed E-state index contributed by atoms with van der Waals surface area (Å²) >= 11 is 12.4. The number of rotatable bonds is 5. The first kappa shape index (κ1) is 16.7. The summed E-state index contributed by atoms with van der Waals surface area (Å²) in [6.07, 6.45) is 2.30. The Morgan fingerprint density at radius 2 is 2.10 bits per heavy atom. The molecule has 20 heavy (non-hydrogen) atoms. The zero-order valence-electron chi connectivity index (χ0n) is 11.7. The number of hydrogen-bond acceptors (Lipinski definition) is 3. The lowest BCUT2D eigenvalue weighted by molar-refractivity contribution is 0.0526. The highest BCUT2D eigenvalue weighted by Crippen LogP contribution is 2.29. The maximum atomic E-state index is 11.8. The van der Waals surface area contributed by atoms with Gasteiger partial charge in [-0.3, -0.25) is 4.99 Å². The highest BCUT2D eigenvalue weighted by Gasteiger charge is 2.13. The molecule has 0 atom stereocenters. The van der Waals surface area contributed by atoms with Crippen LogP contribution in [-0.4, -0.2) is 25.8 Å². The van der Waals surface area contributed by atoms with E-state index in [2.05, 4.69) is 4.99 Å². The Morgan fingerprint density at radius 1 is 1.40 bits per heavy atom. The summed E-state index contributed by atoms with van der Waals surface area (Å²) in [5, 5.41) is 1.15. The van der Waals surface area contributed by atoms with Crippen LogP contribution in [0.1, 0.15) is 36.2 Å². The predicted octanol–water partition coefficient (Wildman–Crippen LogP) is 4.58. The Bertz CT molecular complexity index is 551. The minimum absolute atomic E-state index is 0.325. The molecular formula is C15H17Cl2NO2. The highest BCUT2D eigenvalue weighted by molar-refractivity contribution is 6.39. The molecule has 0 aromatic heterocycles. The smallest absolute Gasteiger partial charge is 0.338 e. The summed E-state index contributed by atoms with van der Waals surface area (Å²) in [7, 11) is 1.66. The zero-order chi connectivity index (χ0) is 15.1. The van der Waals surface area contributed by atoms with Crippen molar-refractivity contribution in [3.8, 4) is 0 Å². The van der Waals surface area contributed by atoms with E-state index < -0.39 is 0 Å². The van der Waals surface area contributed by atoms with Crippen LogP contribution in [0.15, 0.2) is 28.2 Å². The third kappa shape index (κ3) is 4.09. The topological polar surface area (TPSA) is 38.7 Å². The molecule has 0 saturated carbocycles. The van der Waals surface area contributed by atoms with Gasteiger partial charge in [-0.1, -0.05) is 30.1 Å². The van der Waals surface area contributed by atoms with E-state index >= 15 is 0 Å². The van der Waals surface area contributed by atoms with Crippen LogP contribution in [0.25, 0.3) is 5.57 Å². The highest BCUT2D eigenvalue weighted by atomic mass is 35.5. The first-order chi connectivity index (χ1) is 9.54. The Labute approximate surface area is 129 Å². The molecule has 108 valence electrons. The summed E-state index contributed by atoms with van der Waals surface area (Å²) in [4.78, 5) is 15.8. The van der Waals surface area contributed by atoms with Crippen molar-refractivity contribution in [2.24, 2.45) is 4.99 Å². The van der Waals surface area contributed by atoms with Crippen LogP contribution < -0.4 is 0 Å². The van der Waals surface area contributed by atoms with Crippen LogP contribution in [-0.2, 0) is 4.74 Å². The zero-order valence-corrected chi connectivity index (χ0v) is 13.3. The second kappa shape index (κ2) is 8.08. The molecule has 0 aliphatic heterocycles. The summed E-state index contributed by atoms with van der Waals surface area (Å²) < 4.78 is 4.98. The molecule has 0 bridgehead atoms. The number of esters is 1. The lowest BCUT2D eigenvalue weighted by Gasteiger charge is -2.10. The average Bonchev–Trinajstić information content (AvgIpc) is 2.45. The van der Waals surface area contributed by atoms with Crippen molar-refractivity contribution in [2.45, 2.75) is 20.3 Å². The third-order valence-electron chi connectivity index (χ3n) is 2.63. The maximum absolute atomic E-state index is 11.8. The number of ether oxygens (including phenoxy) is 1. The van der Waals surface area contributed by atoms with Gasteiger partial charge in [-0.15, -0.1) is 0 Å². The lowest BCUT2D eigenvalue weighted by atomic mass is 10.0. The first-order valence-corrected chi connectivity index (χ1v) is 7.08. The quantitative estimate of drug-likeness (QED) is 0.589. The van der Waals surface area contributed by atoms with Gasteiger partial charge in [-0.25, -0.2) is 4.79 Å². The van der Waals surface area contributed by atoms with Crippen molar-refractivity contribution in [2.75, 3.05) is 13.7 Å². The molecule has 0 N–H and O–H groups in total. The molecular weight excluding hydrogens is 297 g/mol.